The third-order valence-electron chi connectivity index (χ3n) is 3.98. The highest BCUT2D eigenvalue weighted by Crippen LogP contribution is 2.13. The first-order valence-corrected chi connectivity index (χ1v) is 8.10. The molecule has 5 heteroatoms. The number of nitrogens with zero attached hydrogens (tertiary/aromatic N) is 1. The van der Waals surface area contributed by atoms with Gasteiger partial charge in [-0.25, -0.2) is 4.98 Å². The van der Waals surface area contributed by atoms with Gasteiger partial charge in [0.25, 0.3) is 5.91 Å². The third-order valence-corrected chi connectivity index (χ3v) is 3.98. The summed E-state index contributed by atoms with van der Waals surface area (Å²) in [5.41, 5.74) is 1.54. The number of hydrogen-bond donors (Lipinski definition) is 2. The largest absolute Gasteiger partial charge is 0.340 e. The number of aromatic nitrogens is 1. The van der Waals surface area contributed by atoms with Gasteiger partial charge in [0.05, 0.1) is 0 Å². The van der Waals surface area contributed by atoms with Crippen LogP contribution in [-0.4, -0.2) is 22.8 Å². The highest BCUT2D eigenvalue weighted by atomic mass is 16.2. The predicted octanol–water partition coefficient (Wildman–Crippen LogP) is 3.17. The maximum absolute atomic E-state index is 12.6. The Morgan fingerprint density at radius 2 is 1.88 bits per heavy atom. The van der Waals surface area contributed by atoms with Gasteiger partial charge in [0.2, 0.25) is 5.91 Å². The van der Waals surface area contributed by atoms with Crippen LogP contribution in [-0.2, 0) is 4.79 Å². The first-order valence-electron chi connectivity index (χ1n) is 8.10. The first-order chi connectivity index (χ1) is 11.5. The Bertz CT molecular complexity index is 701. The molecule has 2 aromatic rings. The summed E-state index contributed by atoms with van der Waals surface area (Å²) in [4.78, 5) is 29.1. The van der Waals surface area contributed by atoms with Crippen molar-refractivity contribution in [1.29, 1.82) is 0 Å². The standard InChI is InChI=1S/C19H23N3O2/c1-4-14(3)17(22-18(23)15-8-6-5-7-9-15)19(24)21-16-12-13(2)10-11-20-16/h5-12,14,17H,4H2,1-3H3,(H,22,23)(H,20,21,24)/t14-,17+/m1/s1. The van der Waals surface area contributed by atoms with Crippen LogP contribution in [0.5, 0.6) is 0 Å². The topological polar surface area (TPSA) is 71.1 Å². The number of nitrogens with one attached hydrogen (secondary N) is 2. The molecule has 0 fully saturated rings. The van der Waals surface area contributed by atoms with Gasteiger partial charge in [0.15, 0.2) is 0 Å². The fourth-order valence-corrected chi connectivity index (χ4v) is 2.32. The van der Waals surface area contributed by atoms with Gasteiger partial charge < -0.3 is 10.6 Å². The lowest BCUT2D eigenvalue weighted by Gasteiger charge is -2.23. The molecule has 2 N–H and O–H groups in total. The molecular formula is C19H23N3O2. The van der Waals surface area contributed by atoms with E-state index in [1.54, 1.807) is 36.5 Å². The van der Waals surface area contributed by atoms with Gasteiger partial charge in [-0.1, -0.05) is 38.5 Å². The Hall–Kier alpha value is -2.69. The van der Waals surface area contributed by atoms with Crippen molar-refractivity contribution in [2.75, 3.05) is 5.32 Å². The zero-order valence-electron chi connectivity index (χ0n) is 14.2. The quantitative estimate of drug-likeness (QED) is 0.857. The molecule has 5 nitrogen and oxygen atoms in total. The van der Waals surface area contributed by atoms with Gasteiger partial charge in [0, 0.05) is 11.8 Å². The number of carbonyl (C=O) groups excluding carboxylic acids is 2. The van der Waals surface area contributed by atoms with Crippen molar-refractivity contribution in [2.45, 2.75) is 33.2 Å². The van der Waals surface area contributed by atoms with Crippen molar-refractivity contribution in [2.24, 2.45) is 5.92 Å². The SMILES string of the molecule is CC[C@@H](C)[C@H](NC(=O)c1ccccc1)C(=O)Nc1cc(C)ccn1. The van der Waals surface area contributed by atoms with Gasteiger partial charge >= 0.3 is 0 Å². The van der Waals surface area contributed by atoms with E-state index in [0.717, 1.165) is 12.0 Å². The van der Waals surface area contributed by atoms with Gasteiger partial charge in [-0.2, -0.15) is 0 Å². The van der Waals surface area contributed by atoms with Gasteiger partial charge in [-0.05, 0) is 42.7 Å². The molecule has 0 saturated heterocycles. The normalized spacial score (nSPS) is 13.0. The molecule has 126 valence electrons. The van der Waals surface area contributed by atoms with Crippen LogP contribution in [0.3, 0.4) is 0 Å². The van der Waals surface area contributed by atoms with Crippen LogP contribution in [0, 0.1) is 12.8 Å². The molecule has 0 unspecified atom stereocenters. The minimum Gasteiger partial charge on any atom is -0.340 e. The second-order valence-corrected chi connectivity index (χ2v) is 5.91. The Balaban J connectivity index is 2.12. The summed E-state index contributed by atoms with van der Waals surface area (Å²) >= 11 is 0. The van der Waals surface area contributed by atoms with Crippen molar-refractivity contribution < 1.29 is 9.59 Å². The monoisotopic (exact) mass is 325 g/mol. The molecule has 0 aliphatic heterocycles. The number of amides is 2. The predicted molar refractivity (Wildman–Crippen MR) is 94.8 cm³/mol. The molecule has 24 heavy (non-hydrogen) atoms. The summed E-state index contributed by atoms with van der Waals surface area (Å²) in [6, 6.07) is 11.9. The van der Waals surface area contributed by atoms with Gasteiger partial charge in [-0.3, -0.25) is 9.59 Å². The van der Waals surface area contributed by atoms with E-state index in [9.17, 15) is 9.59 Å². The number of carbonyl (C=O) groups is 2. The van der Waals surface area contributed by atoms with Crippen molar-refractivity contribution in [3.8, 4) is 0 Å². The number of benzene rings is 1. The Labute approximate surface area is 142 Å². The molecule has 2 rings (SSSR count). The molecule has 0 radical (unpaired) electrons. The zero-order chi connectivity index (χ0) is 17.5. The minimum atomic E-state index is -0.620. The van der Waals surface area contributed by atoms with Crippen molar-refractivity contribution in [1.82, 2.24) is 10.3 Å². The highest BCUT2D eigenvalue weighted by Gasteiger charge is 2.26. The lowest BCUT2D eigenvalue weighted by Crippen LogP contribution is -2.47. The van der Waals surface area contributed by atoms with E-state index in [1.165, 1.54) is 0 Å². The summed E-state index contributed by atoms with van der Waals surface area (Å²) in [6.07, 6.45) is 2.42. The minimum absolute atomic E-state index is 0.00229. The Morgan fingerprint density at radius 1 is 1.17 bits per heavy atom. The average molecular weight is 325 g/mol. The highest BCUT2D eigenvalue weighted by molar-refractivity contribution is 6.01. The van der Waals surface area contributed by atoms with Crippen LogP contribution in [0.2, 0.25) is 0 Å². The molecule has 0 spiro atoms. The average Bonchev–Trinajstić information content (AvgIpc) is 2.59. The lowest BCUT2D eigenvalue weighted by molar-refractivity contribution is -0.119. The van der Waals surface area contributed by atoms with Crippen LogP contribution in [0.4, 0.5) is 5.82 Å². The van der Waals surface area contributed by atoms with Crippen molar-refractivity contribution in [3.63, 3.8) is 0 Å². The summed E-state index contributed by atoms with van der Waals surface area (Å²) in [5.74, 6) is -0.0234. The number of hydrogen-bond acceptors (Lipinski definition) is 3. The van der Waals surface area contributed by atoms with Crippen molar-refractivity contribution >= 4 is 17.6 Å². The maximum Gasteiger partial charge on any atom is 0.251 e. The number of anilines is 1. The summed E-state index contributed by atoms with van der Waals surface area (Å²) in [7, 11) is 0. The van der Waals surface area contributed by atoms with Crippen molar-refractivity contribution in [3.05, 3.63) is 59.8 Å². The van der Waals surface area contributed by atoms with E-state index < -0.39 is 6.04 Å². The molecule has 1 heterocycles. The molecule has 2 amide bonds. The van der Waals surface area contributed by atoms with E-state index >= 15 is 0 Å². The molecule has 0 aliphatic carbocycles. The summed E-state index contributed by atoms with van der Waals surface area (Å²) in [5, 5.41) is 5.63. The lowest BCUT2D eigenvalue weighted by atomic mass is 9.98. The fraction of sp³-hybridized carbons (Fsp3) is 0.316. The maximum atomic E-state index is 12.6. The van der Waals surface area contributed by atoms with E-state index in [-0.39, 0.29) is 17.7 Å². The van der Waals surface area contributed by atoms with Gasteiger partial charge in [0.1, 0.15) is 11.9 Å². The molecule has 0 saturated carbocycles. The summed E-state index contributed by atoms with van der Waals surface area (Å²) < 4.78 is 0. The fourth-order valence-electron chi connectivity index (χ4n) is 2.32. The molecule has 1 aromatic heterocycles. The van der Waals surface area contributed by atoms with E-state index in [2.05, 4.69) is 15.6 Å². The zero-order valence-corrected chi connectivity index (χ0v) is 14.2. The van der Waals surface area contributed by atoms with Crippen LogP contribution in [0.1, 0.15) is 36.2 Å². The first kappa shape index (κ1) is 17.7. The van der Waals surface area contributed by atoms with E-state index in [0.29, 0.717) is 11.4 Å². The second-order valence-electron chi connectivity index (χ2n) is 5.91. The van der Waals surface area contributed by atoms with Crippen LogP contribution in [0.15, 0.2) is 48.7 Å². The van der Waals surface area contributed by atoms with E-state index in [4.69, 9.17) is 0 Å². The Morgan fingerprint density at radius 3 is 2.50 bits per heavy atom. The number of rotatable bonds is 6. The second kappa shape index (κ2) is 8.24. The molecular weight excluding hydrogens is 302 g/mol. The summed E-state index contributed by atoms with van der Waals surface area (Å²) in [6.45, 7) is 5.87. The van der Waals surface area contributed by atoms with Crippen LogP contribution < -0.4 is 10.6 Å². The molecule has 0 aliphatic rings. The third kappa shape index (κ3) is 4.65. The van der Waals surface area contributed by atoms with E-state index in [1.807, 2.05) is 32.9 Å². The Kier molecular flexibility index (Phi) is 6.07. The van der Waals surface area contributed by atoms with Crippen LogP contribution >= 0.6 is 0 Å². The van der Waals surface area contributed by atoms with Crippen LogP contribution in [0.25, 0.3) is 0 Å². The smallest absolute Gasteiger partial charge is 0.251 e. The molecule has 1 aromatic carbocycles. The molecule has 2 atom stereocenters. The van der Waals surface area contributed by atoms with Gasteiger partial charge in [-0.15, -0.1) is 0 Å². The molecule has 0 bridgehead atoms. The number of aryl methyl sites for hydroxylation is 1. The number of pyridine rings is 1.